The lowest BCUT2D eigenvalue weighted by Gasteiger charge is -2.25. The molecular weight excluding hydrogens is 163 g/mol. The minimum absolute atomic E-state index is 0.181. The molecule has 2 nitrogen and oxygen atoms in total. The first-order valence-electron chi connectivity index (χ1n) is 4.08. The van der Waals surface area contributed by atoms with Crippen LogP contribution in [0.15, 0.2) is 0 Å². The van der Waals surface area contributed by atoms with E-state index in [-0.39, 0.29) is 6.67 Å². The molecule has 0 unspecified atom stereocenters. The molecule has 1 rings (SSSR count). The van der Waals surface area contributed by atoms with Gasteiger partial charge in [0.15, 0.2) is 0 Å². The third-order valence-corrected chi connectivity index (χ3v) is 2.83. The van der Waals surface area contributed by atoms with Crippen LogP contribution in [0.5, 0.6) is 0 Å². The van der Waals surface area contributed by atoms with Gasteiger partial charge in [0.25, 0.3) is 0 Å². The second kappa shape index (κ2) is 5.80. The van der Waals surface area contributed by atoms with Crippen LogP contribution in [0, 0.1) is 0 Å². The molecule has 0 aromatic carbocycles. The molecule has 1 aliphatic heterocycles. The molecule has 0 saturated carbocycles. The molecule has 1 fully saturated rings. The molecule has 1 aliphatic rings. The zero-order valence-corrected chi connectivity index (χ0v) is 7.50. The number of hydrogen-bond donors (Lipinski definition) is 1. The quantitative estimate of drug-likeness (QED) is 0.508. The van der Waals surface area contributed by atoms with Gasteiger partial charge < -0.3 is 5.32 Å². The summed E-state index contributed by atoms with van der Waals surface area (Å²) in [7, 11) is 0. The minimum atomic E-state index is -0.181. The van der Waals surface area contributed by atoms with Crippen LogP contribution in [0.2, 0.25) is 0 Å². The van der Waals surface area contributed by atoms with Crippen molar-refractivity contribution in [3.63, 3.8) is 0 Å². The number of nitrogens with zero attached hydrogens (tertiary/aromatic N) is 1. The molecule has 0 aromatic heterocycles. The lowest BCUT2D eigenvalue weighted by Crippen LogP contribution is -2.39. The van der Waals surface area contributed by atoms with Crippen LogP contribution in [0.25, 0.3) is 0 Å². The van der Waals surface area contributed by atoms with Crippen molar-refractivity contribution in [3.8, 4) is 0 Å². The Morgan fingerprint density at radius 3 is 2.73 bits per heavy atom. The molecule has 4 heteroatoms. The lowest BCUT2D eigenvalue weighted by atomic mass is 10.4. The summed E-state index contributed by atoms with van der Waals surface area (Å²) in [5.41, 5.74) is 0. The molecule has 1 N–H and O–H groups in total. The molecule has 0 radical (unpaired) electrons. The first kappa shape index (κ1) is 9.29. The van der Waals surface area contributed by atoms with Crippen molar-refractivity contribution < 1.29 is 4.39 Å². The van der Waals surface area contributed by atoms with Crippen molar-refractivity contribution >= 4 is 11.9 Å². The van der Waals surface area contributed by atoms with Crippen molar-refractivity contribution in [3.05, 3.63) is 0 Å². The van der Waals surface area contributed by atoms with E-state index in [9.17, 15) is 4.39 Å². The van der Waals surface area contributed by atoms with Gasteiger partial charge in [-0.25, -0.2) is 4.31 Å². The van der Waals surface area contributed by atoms with Gasteiger partial charge in [-0.2, -0.15) is 0 Å². The van der Waals surface area contributed by atoms with Crippen molar-refractivity contribution in [2.24, 2.45) is 0 Å². The van der Waals surface area contributed by atoms with Gasteiger partial charge in [-0.3, -0.25) is 4.39 Å². The molecule has 0 aromatic rings. The van der Waals surface area contributed by atoms with Gasteiger partial charge in [-0.1, -0.05) is 11.9 Å². The van der Waals surface area contributed by atoms with Crippen LogP contribution < -0.4 is 5.32 Å². The standard InChI is InChI=1S/C7H15FN2S/c8-2-1-7-11-10-5-3-9-4-6-10/h9H,1-7H2. The number of hydrogen-bond acceptors (Lipinski definition) is 3. The topological polar surface area (TPSA) is 15.3 Å². The SMILES string of the molecule is FCCCSN1CCNCC1. The van der Waals surface area contributed by atoms with Gasteiger partial charge in [0, 0.05) is 31.9 Å². The van der Waals surface area contributed by atoms with Gasteiger partial charge in [-0.15, -0.1) is 0 Å². The molecule has 1 saturated heterocycles. The molecule has 0 amide bonds. The number of piperazine rings is 1. The molecule has 0 spiro atoms. The molecule has 66 valence electrons. The van der Waals surface area contributed by atoms with Crippen LogP contribution in [0.4, 0.5) is 4.39 Å². The van der Waals surface area contributed by atoms with E-state index in [1.165, 1.54) is 0 Å². The maximum Gasteiger partial charge on any atom is 0.0902 e. The fourth-order valence-corrected chi connectivity index (χ4v) is 1.96. The largest absolute Gasteiger partial charge is 0.314 e. The van der Waals surface area contributed by atoms with Gasteiger partial charge >= 0.3 is 0 Å². The predicted octanol–water partition coefficient (Wildman–Crippen LogP) is 0.899. The van der Waals surface area contributed by atoms with E-state index in [2.05, 4.69) is 9.62 Å². The monoisotopic (exact) mass is 178 g/mol. The predicted molar refractivity (Wildman–Crippen MR) is 47.5 cm³/mol. The minimum Gasteiger partial charge on any atom is -0.314 e. The summed E-state index contributed by atoms with van der Waals surface area (Å²) >= 11 is 1.78. The van der Waals surface area contributed by atoms with Crippen molar-refractivity contribution in [2.75, 3.05) is 38.6 Å². The Hall–Kier alpha value is 0.200. The normalized spacial score (nSPS) is 20.5. The van der Waals surface area contributed by atoms with E-state index in [1.54, 1.807) is 11.9 Å². The van der Waals surface area contributed by atoms with E-state index >= 15 is 0 Å². The molecule has 0 atom stereocenters. The van der Waals surface area contributed by atoms with Crippen LogP contribution >= 0.6 is 11.9 Å². The average Bonchev–Trinajstić information content (AvgIpc) is 2.07. The zero-order chi connectivity index (χ0) is 7.94. The molecule has 1 heterocycles. The zero-order valence-electron chi connectivity index (χ0n) is 6.68. The van der Waals surface area contributed by atoms with E-state index in [0.717, 1.165) is 31.9 Å². The molecule has 11 heavy (non-hydrogen) atoms. The van der Waals surface area contributed by atoms with E-state index < -0.39 is 0 Å². The summed E-state index contributed by atoms with van der Waals surface area (Å²) in [6.07, 6.45) is 0.689. The molecule has 0 bridgehead atoms. The number of nitrogens with one attached hydrogen (secondary N) is 1. The fraction of sp³-hybridized carbons (Fsp3) is 1.00. The number of halogens is 1. The second-order valence-corrected chi connectivity index (χ2v) is 3.74. The number of rotatable bonds is 4. The van der Waals surface area contributed by atoms with Gasteiger partial charge in [0.2, 0.25) is 0 Å². The average molecular weight is 178 g/mol. The second-order valence-electron chi connectivity index (χ2n) is 2.55. The van der Waals surface area contributed by atoms with E-state index in [4.69, 9.17) is 0 Å². The lowest BCUT2D eigenvalue weighted by molar-refractivity contribution is 0.395. The Morgan fingerprint density at radius 2 is 2.09 bits per heavy atom. The van der Waals surface area contributed by atoms with E-state index in [0.29, 0.717) is 6.42 Å². The Bertz CT molecular complexity index is 96.4. The third-order valence-electron chi connectivity index (χ3n) is 1.63. The van der Waals surface area contributed by atoms with E-state index in [1.807, 2.05) is 0 Å². The first-order valence-corrected chi connectivity index (χ1v) is 5.02. The van der Waals surface area contributed by atoms with Crippen molar-refractivity contribution in [1.82, 2.24) is 9.62 Å². The smallest absolute Gasteiger partial charge is 0.0902 e. The van der Waals surface area contributed by atoms with Crippen molar-refractivity contribution in [1.29, 1.82) is 0 Å². The maximum atomic E-state index is 11.7. The summed E-state index contributed by atoms with van der Waals surface area (Å²) in [5, 5.41) is 3.28. The molecular formula is C7H15FN2S. The Kier molecular flexibility index (Phi) is 4.90. The Labute approximate surface area is 71.7 Å². The molecule has 0 aliphatic carbocycles. The highest BCUT2D eigenvalue weighted by Gasteiger charge is 2.08. The Morgan fingerprint density at radius 1 is 1.36 bits per heavy atom. The van der Waals surface area contributed by atoms with Gasteiger partial charge in [0.05, 0.1) is 6.67 Å². The van der Waals surface area contributed by atoms with Crippen LogP contribution in [-0.4, -0.2) is 42.9 Å². The summed E-state index contributed by atoms with van der Waals surface area (Å²) in [5.74, 6) is 0.927. The summed E-state index contributed by atoms with van der Waals surface area (Å²) in [6.45, 7) is 4.15. The van der Waals surface area contributed by atoms with Crippen LogP contribution in [0.3, 0.4) is 0 Å². The highest BCUT2D eigenvalue weighted by molar-refractivity contribution is 7.97. The van der Waals surface area contributed by atoms with Crippen molar-refractivity contribution in [2.45, 2.75) is 6.42 Å². The maximum absolute atomic E-state index is 11.7. The fourth-order valence-electron chi connectivity index (χ4n) is 1.02. The van der Waals surface area contributed by atoms with Crippen LogP contribution in [-0.2, 0) is 0 Å². The number of alkyl halides is 1. The first-order chi connectivity index (χ1) is 5.43. The summed E-state index contributed by atoms with van der Waals surface area (Å²) in [6, 6.07) is 0. The highest BCUT2D eigenvalue weighted by atomic mass is 32.2. The summed E-state index contributed by atoms with van der Waals surface area (Å²) < 4.78 is 14.0. The van der Waals surface area contributed by atoms with Crippen LogP contribution in [0.1, 0.15) is 6.42 Å². The Balaban J connectivity index is 1.96. The summed E-state index contributed by atoms with van der Waals surface area (Å²) in [4.78, 5) is 0. The highest BCUT2D eigenvalue weighted by Crippen LogP contribution is 2.11. The van der Waals surface area contributed by atoms with Gasteiger partial charge in [0.1, 0.15) is 0 Å². The third kappa shape index (κ3) is 3.94. The van der Waals surface area contributed by atoms with Gasteiger partial charge in [-0.05, 0) is 6.42 Å².